The SMILES string of the molecule is COC1/C=C/OC2(C)Oc3c(C)c(O)c4c(c3C2=O)C(=O)C(N)=C(NC(=O)/C(C)=C\C=C\C(C)C(O)C(C)C(O)C(C)C(OC(C)=O)C1C)C4=O. The maximum absolute atomic E-state index is 13.9. The zero-order valence-corrected chi connectivity index (χ0v) is 30.1. The van der Waals surface area contributed by atoms with Crippen molar-refractivity contribution >= 4 is 29.2 Å². The Kier molecular flexibility index (Phi) is 11.3. The molecule has 1 aliphatic carbocycles. The van der Waals surface area contributed by atoms with Crippen molar-refractivity contribution in [3.05, 3.63) is 69.8 Å². The normalized spacial score (nSPS) is 34.2. The molecule has 0 radical (unpaired) electrons. The summed E-state index contributed by atoms with van der Waals surface area (Å²) in [6.45, 7) is 12.2. The van der Waals surface area contributed by atoms with Gasteiger partial charge in [-0.05, 0) is 19.9 Å². The first-order valence-electron chi connectivity index (χ1n) is 16.6. The van der Waals surface area contributed by atoms with Crippen LogP contribution in [0.5, 0.6) is 11.5 Å². The Morgan fingerprint density at radius 1 is 0.941 bits per heavy atom. The van der Waals surface area contributed by atoms with Crippen LogP contribution in [0.2, 0.25) is 0 Å². The van der Waals surface area contributed by atoms with E-state index in [1.54, 1.807) is 33.8 Å². The minimum absolute atomic E-state index is 0.0295. The number of carbonyl (C=O) groups is 5. The average molecular weight is 711 g/mol. The van der Waals surface area contributed by atoms with Gasteiger partial charge in [0.1, 0.15) is 29.0 Å². The smallest absolute Gasteiger partial charge is 0.312 e. The van der Waals surface area contributed by atoms with Crippen LogP contribution in [0.3, 0.4) is 0 Å². The second-order valence-electron chi connectivity index (χ2n) is 13.6. The number of aliphatic hydroxyl groups excluding tert-OH is 2. The highest BCUT2D eigenvalue weighted by atomic mass is 16.7. The molecular formula is C37H46N2O12. The molecule has 0 saturated heterocycles. The van der Waals surface area contributed by atoms with Gasteiger partial charge in [-0.1, -0.05) is 45.9 Å². The standard InChI is InChI=1S/C37H46N2O12/c1-15-11-10-12-16(2)36(47)39-27-26(38)31(44)23-24(32(27)45)30(43)20(6)34-25(23)35(46)37(8,51-34)49-14-13-22(48-9)17(3)33(50-21(7)40)19(5)29(42)18(4)28(15)41/h10-15,17-19,22,28-29,33,41-43H,38H2,1-9H3,(H,39,47)/b11-10+,14-13+,16-12-. The van der Waals surface area contributed by atoms with Crippen LogP contribution in [0.15, 0.2) is 47.5 Å². The lowest BCUT2D eigenvalue weighted by Crippen LogP contribution is -2.46. The third-order valence-corrected chi connectivity index (χ3v) is 9.99. The fourth-order valence-corrected chi connectivity index (χ4v) is 6.72. The highest BCUT2D eigenvalue weighted by molar-refractivity contribution is 6.32. The molecule has 9 unspecified atom stereocenters. The zero-order chi connectivity index (χ0) is 38.3. The summed E-state index contributed by atoms with van der Waals surface area (Å²) in [6, 6.07) is 0. The maximum Gasteiger partial charge on any atom is 0.312 e. The molecule has 1 aromatic carbocycles. The number of rotatable bonds is 2. The van der Waals surface area contributed by atoms with Gasteiger partial charge in [0.25, 0.3) is 11.7 Å². The summed E-state index contributed by atoms with van der Waals surface area (Å²) in [6.07, 6.45) is 3.25. The van der Waals surface area contributed by atoms with E-state index < -0.39 is 111 Å². The average Bonchev–Trinajstić information content (AvgIpc) is 3.35. The Balaban J connectivity index is 1.86. The lowest BCUT2D eigenvalue weighted by atomic mass is 9.78. The molecule has 5 rings (SSSR count). The molecule has 0 aromatic heterocycles. The number of nitrogens with one attached hydrogen (secondary N) is 1. The number of amides is 1. The Labute approximate surface area is 296 Å². The lowest BCUT2D eigenvalue weighted by molar-refractivity contribution is -0.160. The number of Topliss-reactive ketones (excluding diaryl/α,β-unsaturated/α-hetero) is 3. The molecule has 5 bridgehead atoms. The third kappa shape index (κ3) is 7.08. The number of phenolic OH excluding ortho intramolecular Hbond substituents is 1. The van der Waals surface area contributed by atoms with Crippen molar-refractivity contribution < 1.29 is 58.2 Å². The van der Waals surface area contributed by atoms with Crippen LogP contribution in [0.4, 0.5) is 0 Å². The molecule has 1 aromatic rings. The van der Waals surface area contributed by atoms with Crippen LogP contribution < -0.4 is 15.8 Å². The Morgan fingerprint density at radius 3 is 2.20 bits per heavy atom. The number of benzene rings is 1. The number of nitrogens with two attached hydrogens (primary N) is 1. The van der Waals surface area contributed by atoms with E-state index in [-0.39, 0.29) is 22.4 Å². The van der Waals surface area contributed by atoms with E-state index in [1.807, 2.05) is 0 Å². The van der Waals surface area contributed by atoms with E-state index in [1.165, 1.54) is 53.0 Å². The maximum atomic E-state index is 13.9. The number of phenols is 1. The molecule has 51 heavy (non-hydrogen) atoms. The molecule has 14 nitrogen and oxygen atoms in total. The van der Waals surface area contributed by atoms with Crippen LogP contribution in [0.25, 0.3) is 0 Å². The van der Waals surface area contributed by atoms with Gasteiger partial charge in [-0.15, -0.1) is 0 Å². The number of aromatic hydroxyl groups is 1. The van der Waals surface area contributed by atoms with E-state index in [9.17, 15) is 39.3 Å². The molecule has 0 saturated carbocycles. The van der Waals surface area contributed by atoms with Gasteiger partial charge in [0, 0.05) is 55.8 Å². The van der Waals surface area contributed by atoms with Crippen LogP contribution in [-0.4, -0.2) is 81.9 Å². The molecule has 276 valence electrons. The quantitative estimate of drug-likeness (QED) is 0.279. The number of hydrogen-bond acceptors (Lipinski definition) is 13. The minimum Gasteiger partial charge on any atom is -0.507 e. The third-order valence-electron chi connectivity index (χ3n) is 9.99. The molecule has 4 aliphatic rings. The van der Waals surface area contributed by atoms with Gasteiger partial charge in [-0.25, -0.2) is 0 Å². The molecule has 3 aliphatic heterocycles. The second kappa shape index (κ2) is 14.8. The van der Waals surface area contributed by atoms with Crippen molar-refractivity contribution in [2.75, 3.05) is 7.11 Å². The van der Waals surface area contributed by atoms with Crippen molar-refractivity contribution in [1.29, 1.82) is 0 Å². The summed E-state index contributed by atoms with van der Waals surface area (Å²) in [5.74, 6) is -9.62. The van der Waals surface area contributed by atoms with Gasteiger partial charge in [-0.2, -0.15) is 0 Å². The van der Waals surface area contributed by atoms with E-state index in [4.69, 9.17) is 24.7 Å². The van der Waals surface area contributed by atoms with Crippen LogP contribution in [-0.2, 0) is 23.8 Å². The summed E-state index contributed by atoms with van der Waals surface area (Å²) in [5.41, 5.74) is 3.62. The summed E-state index contributed by atoms with van der Waals surface area (Å²) in [5, 5.41) is 36.1. The van der Waals surface area contributed by atoms with Crippen molar-refractivity contribution in [1.82, 2.24) is 5.32 Å². The van der Waals surface area contributed by atoms with Crippen LogP contribution >= 0.6 is 0 Å². The molecule has 0 fully saturated rings. The molecule has 6 N–H and O–H groups in total. The number of ether oxygens (including phenoxy) is 4. The number of ketones is 3. The van der Waals surface area contributed by atoms with E-state index in [0.29, 0.717) is 0 Å². The van der Waals surface area contributed by atoms with Crippen molar-refractivity contribution in [3.8, 4) is 11.5 Å². The largest absolute Gasteiger partial charge is 0.507 e. The van der Waals surface area contributed by atoms with Gasteiger partial charge >= 0.3 is 11.8 Å². The molecular weight excluding hydrogens is 664 g/mol. The number of esters is 1. The molecule has 14 heteroatoms. The van der Waals surface area contributed by atoms with Crippen molar-refractivity contribution in [2.24, 2.45) is 29.4 Å². The molecule has 9 atom stereocenters. The number of aliphatic hydroxyl groups is 2. The Hall–Kier alpha value is -4.79. The fraction of sp³-hybridized carbons (Fsp3) is 0.486. The highest BCUT2D eigenvalue weighted by Gasteiger charge is 2.52. The number of fused-ring (bicyclic) bond motifs is 14. The first kappa shape index (κ1) is 39.0. The summed E-state index contributed by atoms with van der Waals surface area (Å²) in [4.78, 5) is 66.8. The number of methoxy groups -OCH3 is 1. The molecule has 0 spiro atoms. The van der Waals surface area contributed by atoms with Crippen molar-refractivity contribution in [2.45, 2.75) is 85.6 Å². The number of allylic oxidation sites excluding steroid dienone is 4. The topological polar surface area (TPSA) is 221 Å². The van der Waals surface area contributed by atoms with Gasteiger partial charge in [-0.3, -0.25) is 24.0 Å². The van der Waals surface area contributed by atoms with E-state index in [0.717, 1.165) is 6.26 Å². The first-order chi connectivity index (χ1) is 23.8. The van der Waals surface area contributed by atoms with E-state index in [2.05, 4.69) is 5.32 Å². The monoisotopic (exact) mass is 710 g/mol. The molecule has 3 heterocycles. The fourth-order valence-electron chi connectivity index (χ4n) is 6.72. The summed E-state index contributed by atoms with van der Waals surface area (Å²) >= 11 is 0. The number of hydrogen-bond donors (Lipinski definition) is 5. The first-order valence-corrected chi connectivity index (χ1v) is 16.6. The molecule has 1 amide bonds. The lowest BCUT2D eigenvalue weighted by Gasteiger charge is -2.38. The van der Waals surface area contributed by atoms with Gasteiger partial charge in [0.05, 0.1) is 41.3 Å². The highest BCUT2D eigenvalue weighted by Crippen LogP contribution is 2.48. The predicted octanol–water partition coefficient (Wildman–Crippen LogP) is 2.92. The van der Waals surface area contributed by atoms with E-state index >= 15 is 0 Å². The Bertz CT molecular complexity index is 1770. The van der Waals surface area contributed by atoms with Gasteiger partial charge in [0.2, 0.25) is 11.6 Å². The summed E-state index contributed by atoms with van der Waals surface area (Å²) < 4.78 is 23.1. The Morgan fingerprint density at radius 2 is 1.59 bits per heavy atom. The van der Waals surface area contributed by atoms with Gasteiger partial charge < -0.3 is 45.3 Å². The van der Waals surface area contributed by atoms with Crippen LogP contribution in [0.1, 0.15) is 85.1 Å². The number of carbonyl (C=O) groups excluding carboxylic acids is 5. The van der Waals surface area contributed by atoms with Crippen molar-refractivity contribution in [3.63, 3.8) is 0 Å². The predicted molar refractivity (Wildman–Crippen MR) is 182 cm³/mol. The summed E-state index contributed by atoms with van der Waals surface area (Å²) in [7, 11) is 1.41. The zero-order valence-electron chi connectivity index (χ0n) is 30.1. The minimum atomic E-state index is -2.08. The van der Waals surface area contributed by atoms with Crippen LogP contribution in [0, 0.1) is 30.6 Å². The second-order valence-corrected chi connectivity index (χ2v) is 13.6. The van der Waals surface area contributed by atoms with Gasteiger partial charge in [0.15, 0.2) is 0 Å².